The van der Waals surface area contributed by atoms with E-state index in [1.165, 1.54) is 6.08 Å². The third kappa shape index (κ3) is 1.10. The molecule has 1 aliphatic heterocycles. The highest BCUT2D eigenvalue weighted by atomic mass is 32.2. The van der Waals surface area contributed by atoms with Crippen LogP contribution in [0.3, 0.4) is 0 Å². The minimum absolute atomic E-state index is 0.192. The zero-order chi connectivity index (χ0) is 7.56. The first kappa shape index (κ1) is 7.05. The van der Waals surface area contributed by atoms with Gasteiger partial charge in [0.15, 0.2) is 0 Å². The maximum atomic E-state index is 10.3. The first-order chi connectivity index (χ1) is 4.75. The summed E-state index contributed by atoms with van der Waals surface area (Å²) in [4.78, 5) is 13.1. The summed E-state index contributed by atoms with van der Waals surface area (Å²) in [6.45, 7) is 0. The fourth-order valence-corrected chi connectivity index (χ4v) is 1.37. The second-order valence-corrected chi connectivity index (χ2v) is 2.70. The van der Waals surface area contributed by atoms with Crippen LogP contribution in [0.4, 0.5) is 0 Å². The van der Waals surface area contributed by atoms with Crippen molar-refractivity contribution in [2.45, 2.75) is 5.25 Å². The lowest BCUT2D eigenvalue weighted by Crippen LogP contribution is -2.22. The monoisotopic (exact) mass is 156 g/mol. The Kier molecular flexibility index (Phi) is 1.89. The highest BCUT2D eigenvalue weighted by Crippen LogP contribution is 2.20. The van der Waals surface area contributed by atoms with Crippen LogP contribution in [0.5, 0.6) is 0 Å². The Morgan fingerprint density at radius 1 is 1.90 bits per heavy atom. The molecule has 0 aliphatic carbocycles. The van der Waals surface area contributed by atoms with Gasteiger partial charge in [0.25, 0.3) is 0 Å². The maximum absolute atomic E-state index is 10.3. The lowest BCUT2D eigenvalue weighted by Gasteiger charge is -1.93. The highest BCUT2D eigenvalue weighted by Gasteiger charge is 2.32. The van der Waals surface area contributed by atoms with Gasteiger partial charge in [-0.3, -0.25) is 4.79 Å². The van der Waals surface area contributed by atoms with Crippen molar-refractivity contribution in [1.82, 2.24) is 0 Å². The second kappa shape index (κ2) is 2.68. The molecule has 4 nitrogen and oxygen atoms in total. The highest BCUT2D eigenvalue weighted by molar-refractivity contribution is 8.04. The largest absolute Gasteiger partial charge is 0.480 e. The summed E-state index contributed by atoms with van der Waals surface area (Å²) in [5, 5.41) is 9.32. The molecule has 0 aromatic carbocycles. The van der Waals surface area contributed by atoms with Crippen molar-refractivity contribution >= 4 is 23.4 Å². The summed E-state index contributed by atoms with van der Waals surface area (Å²) >= 11 is 1.11. The van der Waals surface area contributed by atoms with E-state index in [1.807, 2.05) is 0 Å². The lowest BCUT2D eigenvalue weighted by atomic mass is 10.3. The summed E-state index contributed by atoms with van der Waals surface area (Å²) in [5.74, 6) is -0.984. The number of carboxylic acid groups (broad SMARTS) is 1. The van der Waals surface area contributed by atoms with Crippen molar-refractivity contribution < 1.29 is 14.7 Å². The molecule has 52 valence electrons. The third-order valence-corrected chi connectivity index (χ3v) is 2.07. The van der Waals surface area contributed by atoms with Crippen molar-refractivity contribution in [2.75, 3.05) is 0 Å². The van der Waals surface area contributed by atoms with E-state index < -0.39 is 11.2 Å². The molecular weight excluding hydrogens is 152 g/mol. The van der Waals surface area contributed by atoms with E-state index in [-0.39, 0.29) is 5.71 Å². The fraction of sp³-hybridized carbons (Fsp3) is 0.200. The van der Waals surface area contributed by atoms with Gasteiger partial charge in [-0.2, -0.15) is 4.79 Å². The normalized spacial score (nSPS) is 22.8. The molecule has 5 heteroatoms. The van der Waals surface area contributed by atoms with E-state index in [9.17, 15) is 4.79 Å². The van der Waals surface area contributed by atoms with Crippen molar-refractivity contribution in [3.8, 4) is 0 Å². The number of nitrogens with zero attached hydrogens (tertiary/aromatic N) is 2. The molecule has 0 fully saturated rings. The Labute approximate surface area is 61.2 Å². The van der Waals surface area contributed by atoms with E-state index in [0.29, 0.717) is 0 Å². The molecule has 0 saturated heterocycles. The van der Waals surface area contributed by atoms with Gasteiger partial charge < -0.3 is 10.6 Å². The van der Waals surface area contributed by atoms with Crippen molar-refractivity contribution in [3.63, 3.8) is 0 Å². The Morgan fingerprint density at radius 2 is 2.60 bits per heavy atom. The van der Waals surface area contributed by atoms with Crippen LogP contribution in [0, 0.1) is 0 Å². The van der Waals surface area contributed by atoms with Crippen LogP contribution in [0.15, 0.2) is 11.5 Å². The molecule has 1 aliphatic rings. The molecule has 1 rings (SSSR count). The SMILES string of the molecule is [N-]=[N+]=C1C=CSC1C(=O)O. The third-order valence-electron chi connectivity index (χ3n) is 1.06. The first-order valence-electron chi connectivity index (χ1n) is 2.52. The van der Waals surface area contributed by atoms with E-state index in [2.05, 4.69) is 4.79 Å². The number of carboxylic acids is 1. The van der Waals surface area contributed by atoms with Crippen molar-refractivity contribution in [3.05, 3.63) is 17.0 Å². The number of hydrogen-bond donors (Lipinski definition) is 1. The molecule has 0 aromatic rings. The quantitative estimate of drug-likeness (QED) is 0.440. The fourth-order valence-electron chi connectivity index (χ4n) is 0.615. The number of allylic oxidation sites excluding steroid dienone is 1. The lowest BCUT2D eigenvalue weighted by molar-refractivity contribution is -0.135. The number of rotatable bonds is 1. The van der Waals surface area contributed by atoms with Gasteiger partial charge in [-0.1, -0.05) is 0 Å². The zero-order valence-electron chi connectivity index (χ0n) is 4.89. The molecule has 1 unspecified atom stereocenters. The van der Waals surface area contributed by atoms with Gasteiger partial charge in [-0.25, -0.2) is 0 Å². The molecular formula is C5H4N2O2S. The van der Waals surface area contributed by atoms with Gasteiger partial charge in [-0.15, -0.1) is 11.8 Å². The predicted molar refractivity (Wildman–Crippen MR) is 36.8 cm³/mol. The van der Waals surface area contributed by atoms with Crippen LogP contribution in [-0.2, 0) is 4.79 Å². The molecule has 0 saturated carbocycles. The molecule has 1 atom stereocenters. The van der Waals surface area contributed by atoms with Crippen LogP contribution in [0.1, 0.15) is 0 Å². The van der Waals surface area contributed by atoms with E-state index in [4.69, 9.17) is 10.6 Å². The smallest absolute Gasteiger partial charge is 0.329 e. The molecule has 0 bridgehead atoms. The van der Waals surface area contributed by atoms with Crippen LogP contribution in [-0.4, -0.2) is 26.8 Å². The minimum atomic E-state index is -0.984. The number of hydrogen-bond acceptors (Lipinski definition) is 2. The van der Waals surface area contributed by atoms with Crippen molar-refractivity contribution in [2.24, 2.45) is 0 Å². The topological polar surface area (TPSA) is 73.7 Å². The van der Waals surface area contributed by atoms with E-state index >= 15 is 0 Å². The predicted octanol–water partition coefficient (Wildman–Crippen LogP) is 0.371. The molecule has 1 heterocycles. The van der Waals surface area contributed by atoms with Gasteiger partial charge in [-0.05, 0) is 5.41 Å². The minimum Gasteiger partial charge on any atom is -0.480 e. The Hall–Kier alpha value is -1.06. The Bertz CT molecular complexity index is 242. The summed E-state index contributed by atoms with van der Waals surface area (Å²) in [6, 6.07) is 0. The van der Waals surface area contributed by atoms with Crippen LogP contribution in [0.25, 0.3) is 5.53 Å². The molecule has 0 aromatic heterocycles. The number of aliphatic carboxylic acids is 1. The summed E-state index contributed by atoms with van der Waals surface area (Å²) in [6.07, 6.45) is 1.48. The van der Waals surface area contributed by atoms with Gasteiger partial charge in [0.2, 0.25) is 5.25 Å². The molecule has 0 spiro atoms. The van der Waals surface area contributed by atoms with E-state index in [0.717, 1.165) is 11.8 Å². The van der Waals surface area contributed by atoms with Gasteiger partial charge in [0.05, 0.1) is 0 Å². The van der Waals surface area contributed by atoms with Crippen LogP contribution in [0.2, 0.25) is 0 Å². The molecule has 1 N–H and O–H groups in total. The molecule has 10 heavy (non-hydrogen) atoms. The Morgan fingerprint density at radius 3 is 3.00 bits per heavy atom. The molecule has 0 radical (unpaired) electrons. The Balaban J connectivity index is 2.85. The summed E-state index contributed by atoms with van der Waals surface area (Å²) < 4.78 is 0. The first-order valence-corrected chi connectivity index (χ1v) is 3.46. The molecule has 0 amide bonds. The zero-order valence-corrected chi connectivity index (χ0v) is 5.71. The van der Waals surface area contributed by atoms with E-state index in [1.54, 1.807) is 5.41 Å². The van der Waals surface area contributed by atoms with Gasteiger partial charge in [0, 0.05) is 6.08 Å². The van der Waals surface area contributed by atoms with Crippen molar-refractivity contribution in [1.29, 1.82) is 0 Å². The average Bonchev–Trinajstić information content (AvgIpc) is 2.33. The summed E-state index contributed by atoms with van der Waals surface area (Å²) in [7, 11) is 0. The average molecular weight is 156 g/mol. The maximum Gasteiger partial charge on any atom is 0.329 e. The van der Waals surface area contributed by atoms with Gasteiger partial charge >= 0.3 is 11.7 Å². The number of carbonyl (C=O) groups is 1. The van der Waals surface area contributed by atoms with Gasteiger partial charge in [0.1, 0.15) is 0 Å². The van der Waals surface area contributed by atoms with Crippen LogP contribution >= 0.6 is 11.8 Å². The summed E-state index contributed by atoms with van der Waals surface area (Å²) in [5.41, 5.74) is 8.44. The number of thioether (sulfide) groups is 1. The van der Waals surface area contributed by atoms with Crippen LogP contribution < -0.4 is 0 Å². The standard InChI is InChI=1S/C5H4N2O2S/c6-7-3-1-2-10-4(3)5(8)9/h1-2,4H,(H,8,9). The second-order valence-electron chi connectivity index (χ2n) is 1.68.